The van der Waals surface area contributed by atoms with Crippen molar-refractivity contribution >= 4 is 28.2 Å². The summed E-state index contributed by atoms with van der Waals surface area (Å²) < 4.78 is 0. The lowest BCUT2D eigenvalue weighted by atomic mass is 9.95. The first-order chi connectivity index (χ1) is 9.75. The average molecular weight is 279 g/mol. The number of Topliss-reactive ketones (excluding diaryl/α,β-unsaturated/α-hetero) is 1. The van der Waals surface area contributed by atoms with Crippen molar-refractivity contribution in [1.82, 2.24) is 0 Å². The molecule has 1 nitrogen and oxygen atoms in total. The number of hydrogen-bond donors (Lipinski definition) is 0. The van der Waals surface area contributed by atoms with Gasteiger partial charge in [0, 0.05) is 22.4 Å². The van der Waals surface area contributed by atoms with Gasteiger partial charge in [0.1, 0.15) is 0 Å². The molecule has 20 heavy (non-hydrogen) atoms. The van der Waals surface area contributed by atoms with Crippen LogP contribution >= 0.6 is 11.6 Å². The van der Waals surface area contributed by atoms with E-state index in [4.69, 9.17) is 11.6 Å². The fourth-order valence-corrected chi connectivity index (χ4v) is 3.29. The van der Waals surface area contributed by atoms with E-state index in [0.717, 1.165) is 33.0 Å². The summed E-state index contributed by atoms with van der Waals surface area (Å²) in [6, 6.07) is 18.0. The maximum absolute atomic E-state index is 12.1. The van der Waals surface area contributed by atoms with Gasteiger partial charge in [-0.15, -0.1) is 0 Å². The maximum atomic E-state index is 12.1. The molecule has 3 aromatic rings. The van der Waals surface area contributed by atoms with Gasteiger partial charge in [0.15, 0.2) is 5.78 Å². The molecule has 96 valence electrons. The lowest BCUT2D eigenvalue weighted by Gasteiger charge is -2.10. The van der Waals surface area contributed by atoms with Crippen LogP contribution in [-0.4, -0.2) is 5.78 Å². The van der Waals surface area contributed by atoms with Crippen LogP contribution in [0.1, 0.15) is 15.9 Å². The first-order valence-corrected chi connectivity index (χ1v) is 6.96. The van der Waals surface area contributed by atoms with Crippen molar-refractivity contribution in [2.75, 3.05) is 0 Å². The molecular formula is C18H11ClO. The molecule has 1 aliphatic carbocycles. The number of ketones is 1. The molecule has 0 heterocycles. The summed E-state index contributed by atoms with van der Waals surface area (Å²) in [4.78, 5) is 12.1. The van der Waals surface area contributed by atoms with Crippen LogP contribution in [0, 0.1) is 0 Å². The minimum absolute atomic E-state index is 0.187. The highest BCUT2D eigenvalue weighted by Gasteiger charge is 2.24. The Balaban J connectivity index is 2.16. The van der Waals surface area contributed by atoms with Gasteiger partial charge in [0.05, 0.1) is 0 Å². The number of carbonyl (C=O) groups is 1. The summed E-state index contributed by atoms with van der Waals surface area (Å²) in [5, 5.41) is 2.74. The Morgan fingerprint density at radius 3 is 2.35 bits per heavy atom. The Morgan fingerprint density at radius 1 is 0.800 bits per heavy atom. The first kappa shape index (κ1) is 11.7. The quantitative estimate of drug-likeness (QED) is 0.619. The fourth-order valence-electron chi connectivity index (χ4n) is 3.03. The van der Waals surface area contributed by atoms with Gasteiger partial charge in [-0.3, -0.25) is 4.79 Å². The van der Waals surface area contributed by atoms with Crippen LogP contribution in [0.3, 0.4) is 0 Å². The molecule has 0 fully saturated rings. The first-order valence-electron chi connectivity index (χ1n) is 6.58. The zero-order valence-electron chi connectivity index (χ0n) is 10.7. The van der Waals surface area contributed by atoms with E-state index in [-0.39, 0.29) is 5.78 Å². The zero-order valence-corrected chi connectivity index (χ0v) is 11.4. The molecule has 0 saturated heterocycles. The van der Waals surface area contributed by atoms with Crippen molar-refractivity contribution in [3.05, 3.63) is 70.7 Å². The van der Waals surface area contributed by atoms with E-state index in [1.165, 1.54) is 0 Å². The lowest BCUT2D eigenvalue weighted by Crippen LogP contribution is -1.93. The highest BCUT2D eigenvalue weighted by molar-refractivity contribution is 6.38. The van der Waals surface area contributed by atoms with Crippen LogP contribution in [-0.2, 0) is 6.42 Å². The second kappa shape index (κ2) is 4.19. The third-order valence-corrected chi connectivity index (χ3v) is 4.25. The largest absolute Gasteiger partial charge is 0.294 e. The fraction of sp³-hybridized carbons (Fsp3) is 0.0556. The van der Waals surface area contributed by atoms with Crippen molar-refractivity contribution in [3.63, 3.8) is 0 Å². The van der Waals surface area contributed by atoms with Crippen LogP contribution in [0.5, 0.6) is 0 Å². The molecule has 0 bridgehead atoms. The molecular weight excluding hydrogens is 268 g/mol. The minimum Gasteiger partial charge on any atom is -0.294 e. The Labute approximate surface area is 121 Å². The summed E-state index contributed by atoms with van der Waals surface area (Å²) in [5.41, 5.74) is 4.10. The third kappa shape index (κ3) is 1.53. The van der Waals surface area contributed by atoms with Gasteiger partial charge in [0.2, 0.25) is 0 Å². The number of benzene rings is 3. The molecule has 0 spiro atoms. The van der Waals surface area contributed by atoms with Crippen molar-refractivity contribution in [3.8, 4) is 11.1 Å². The van der Waals surface area contributed by atoms with Gasteiger partial charge in [-0.1, -0.05) is 60.1 Å². The predicted octanol–water partition coefficient (Wildman–Crippen LogP) is 4.90. The topological polar surface area (TPSA) is 17.1 Å². The Kier molecular flexibility index (Phi) is 2.45. The molecule has 3 aromatic carbocycles. The van der Waals surface area contributed by atoms with Gasteiger partial charge in [-0.25, -0.2) is 0 Å². The van der Waals surface area contributed by atoms with E-state index < -0.39 is 0 Å². The highest BCUT2D eigenvalue weighted by atomic mass is 35.5. The zero-order chi connectivity index (χ0) is 13.7. The van der Waals surface area contributed by atoms with Gasteiger partial charge < -0.3 is 0 Å². The lowest BCUT2D eigenvalue weighted by molar-refractivity contribution is 0.1000. The van der Waals surface area contributed by atoms with Crippen molar-refractivity contribution in [2.24, 2.45) is 0 Å². The van der Waals surface area contributed by atoms with E-state index in [9.17, 15) is 4.79 Å². The molecule has 0 radical (unpaired) electrons. The summed E-state index contributed by atoms with van der Waals surface area (Å²) in [6.07, 6.45) is 0.487. The second-order valence-electron chi connectivity index (χ2n) is 5.08. The maximum Gasteiger partial charge on any atom is 0.167 e. The monoisotopic (exact) mass is 278 g/mol. The molecule has 1 aliphatic rings. The van der Waals surface area contributed by atoms with E-state index in [1.54, 1.807) is 0 Å². The SMILES string of the molecule is O=C1Cc2ccc(Cl)c3c(-c4ccccc4)ccc1c23. The van der Waals surface area contributed by atoms with Crippen LogP contribution in [0.2, 0.25) is 5.02 Å². The predicted molar refractivity (Wildman–Crippen MR) is 82.4 cm³/mol. The summed E-state index contributed by atoms with van der Waals surface area (Å²) in [7, 11) is 0. The molecule has 0 unspecified atom stereocenters. The summed E-state index contributed by atoms with van der Waals surface area (Å²) in [6.45, 7) is 0. The van der Waals surface area contributed by atoms with E-state index in [1.807, 2.05) is 42.5 Å². The Hall–Kier alpha value is -2.12. The second-order valence-corrected chi connectivity index (χ2v) is 5.49. The van der Waals surface area contributed by atoms with Crippen molar-refractivity contribution in [1.29, 1.82) is 0 Å². The summed E-state index contributed by atoms with van der Waals surface area (Å²) >= 11 is 6.42. The van der Waals surface area contributed by atoms with Gasteiger partial charge in [0.25, 0.3) is 0 Å². The molecule has 0 amide bonds. The van der Waals surface area contributed by atoms with E-state index in [2.05, 4.69) is 12.1 Å². The molecule has 0 saturated carbocycles. The Morgan fingerprint density at radius 2 is 1.55 bits per heavy atom. The smallest absolute Gasteiger partial charge is 0.167 e. The molecule has 0 N–H and O–H groups in total. The minimum atomic E-state index is 0.187. The number of hydrogen-bond acceptors (Lipinski definition) is 1. The molecule has 0 aliphatic heterocycles. The average Bonchev–Trinajstić information content (AvgIpc) is 2.81. The van der Waals surface area contributed by atoms with Crippen LogP contribution in [0.4, 0.5) is 0 Å². The normalized spacial score (nSPS) is 13.2. The summed E-state index contributed by atoms with van der Waals surface area (Å²) in [5.74, 6) is 0.187. The van der Waals surface area contributed by atoms with Gasteiger partial charge in [-0.05, 0) is 28.1 Å². The van der Waals surface area contributed by atoms with Crippen LogP contribution < -0.4 is 0 Å². The van der Waals surface area contributed by atoms with E-state index in [0.29, 0.717) is 11.4 Å². The van der Waals surface area contributed by atoms with Crippen molar-refractivity contribution < 1.29 is 4.79 Å². The highest BCUT2D eigenvalue weighted by Crippen LogP contribution is 2.40. The third-order valence-electron chi connectivity index (χ3n) is 3.93. The Bertz CT molecular complexity index is 850. The number of rotatable bonds is 1. The van der Waals surface area contributed by atoms with Crippen LogP contribution in [0.15, 0.2) is 54.6 Å². The van der Waals surface area contributed by atoms with Crippen LogP contribution in [0.25, 0.3) is 21.9 Å². The molecule has 0 atom stereocenters. The van der Waals surface area contributed by atoms with Crippen molar-refractivity contribution in [2.45, 2.75) is 6.42 Å². The number of halogens is 1. The standard InChI is InChI=1S/C18H11ClO/c19-15-9-6-12-10-16(20)14-8-7-13(18(15)17(12)14)11-4-2-1-3-5-11/h1-9H,10H2. The van der Waals surface area contributed by atoms with Gasteiger partial charge in [-0.2, -0.15) is 0 Å². The van der Waals surface area contributed by atoms with E-state index >= 15 is 0 Å². The molecule has 2 heteroatoms. The molecule has 4 rings (SSSR count). The molecule has 0 aromatic heterocycles. The number of carbonyl (C=O) groups excluding carboxylic acids is 1. The van der Waals surface area contributed by atoms with Gasteiger partial charge >= 0.3 is 0 Å².